The Labute approximate surface area is 113 Å². The number of benzene rings is 1. The molecule has 4 heteroatoms. The molecule has 1 heterocycles. The Morgan fingerprint density at radius 1 is 1.00 bits per heavy atom. The molecule has 0 radical (unpaired) electrons. The third-order valence-electron chi connectivity index (χ3n) is 3.70. The lowest BCUT2D eigenvalue weighted by Crippen LogP contribution is -2.07. The molecule has 3 rings (SSSR count). The highest BCUT2D eigenvalue weighted by molar-refractivity contribution is 5.56. The maximum absolute atomic E-state index is 5.83. The first-order chi connectivity index (χ1) is 9.22. The normalized spacial score (nSPS) is 15.8. The molecule has 4 nitrogen and oxygen atoms in total. The maximum Gasteiger partial charge on any atom is 0.223 e. The van der Waals surface area contributed by atoms with Gasteiger partial charge < -0.3 is 5.73 Å². The molecule has 98 valence electrons. The zero-order chi connectivity index (χ0) is 13.2. The number of rotatable bonds is 2. The number of anilines is 1. The fourth-order valence-corrected chi connectivity index (χ4v) is 2.61. The predicted molar refractivity (Wildman–Crippen MR) is 75.6 cm³/mol. The van der Waals surface area contributed by atoms with E-state index in [1.807, 2.05) is 12.1 Å². The van der Waals surface area contributed by atoms with Gasteiger partial charge in [-0.25, -0.2) is 4.98 Å². The summed E-state index contributed by atoms with van der Waals surface area (Å²) in [6.07, 6.45) is 4.85. The molecule has 1 aliphatic carbocycles. The zero-order valence-corrected chi connectivity index (χ0v) is 11.1. The number of aromatic nitrogens is 3. The van der Waals surface area contributed by atoms with Gasteiger partial charge in [-0.2, -0.15) is 9.97 Å². The third-order valence-corrected chi connectivity index (χ3v) is 3.70. The molecule has 0 spiro atoms. The molecule has 0 atom stereocenters. The number of nitrogen functional groups attached to an aromatic ring is 1. The largest absolute Gasteiger partial charge is 0.368 e. The standard InChI is InChI=1S/C15H18N4/c1-10-6-8-12(9-7-10)14-17-13(18-15(16)19-14)11-4-2-3-5-11/h6-9,11H,2-5H2,1H3,(H2,16,17,18,19). The summed E-state index contributed by atoms with van der Waals surface area (Å²) >= 11 is 0. The Hall–Kier alpha value is -1.97. The highest BCUT2D eigenvalue weighted by Gasteiger charge is 2.21. The molecule has 1 saturated carbocycles. The first-order valence-corrected chi connectivity index (χ1v) is 6.81. The molecule has 1 fully saturated rings. The van der Waals surface area contributed by atoms with Gasteiger partial charge in [0.25, 0.3) is 0 Å². The van der Waals surface area contributed by atoms with Gasteiger partial charge in [-0.05, 0) is 19.8 Å². The highest BCUT2D eigenvalue weighted by Crippen LogP contribution is 2.32. The molecule has 2 aromatic rings. The highest BCUT2D eigenvalue weighted by atomic mass is 15.1. The number of nitrogens with two attached hydrogens (primary N) is 1. The monoisotopic (exact) mass is 254 g/mol. The van der Waals surface area contributed by atoms with Crippen LogP contribution in [0.2, 0.25) is 0 Å². The van der Waals surface area contributed by atoms with E-state index in [2.05, 4.69) is 34.0 Å². The molecular formula is C15H18N4. The second kappa shape index (κ2) is 4.96. The van der Waals surface area contributed by atoms with E-state index >= 15 is 0 Å². The smallest absolute Gasteiger partial charge is 0.223 e. The fraction of sp³-hybridized carbons (Fsp3) is 0.400. The van der Waals surface area contributed by atoms with Gasteiger partial charge in [-0.3, -0.25) is 0 Å². The van der Waals surface area contributed by atoms with E-state index in [0.717, 1.165) is 24.2 Å². The van der Waals surface area contributed by atoms with Crippen molar-refractivity contribution in [3.05, 3.63) is 35.7 Å². The van der Waals surface area contributed by atoms with Crippen molar-refractivity contribution in [2.24, 2.45) is 0 Å². The molecule has 19 heavy (non-hydrogen) atoms. The van der Waals surface area contributed by atoms with Crippen LogP contribution in [0.15, 0.2) is 24.3 Å². The second-order valence-electron chi connectivity index (χ2n) is 5.22. The minimum absolute atomic E-state index is 0.326. The van der Waals surface area contributed by atoms with Crippen molar-refractivity contribution in [1.29, 1.82) is 0 Å². The van der Waals surface area contributed by atoms with E-state index in [1.165, 1.54) is 18.4 Å². The molecule has 0 unspecified atom stereocenters. The summed E-state index contributed by atoms with van der Waals surface area (Å²) < 4.78 is 0. The van der Waals surface area contributed by atoms with Crippen molar-refractivity contribution < 1.29 is 0 Å². The maximum atomic E-state index is 5.83. The van der Waals surface area contributed by atoms with Crippen LogP contribution in [-0.4, -0.2) is 15.0 Å². The summed E-state index contributed by atoms with van der Waals surface area (Å²) in [5.74, 6) is 2.33. The van der Waals surface area contributed by atoms with Crippen LogP contribution in [0, 0.1) is 6.92 Å². The predicted octanol–water partition coefficient (Wildman–Crippen LogP) is 3.09. The van der Waals surface area contributed by atoms with Crippen molar-refractivity contribution in [2.45, 2.75) is 38.5 Å². The van der Waals surface area contributed by atoms with Crippen molar-refractivity contribution in [3.63, 3.8) is 0 Å². The van der Waals surface area contributed by atoms with Crippen molar-refractivity contribution in [2.75, 3.05) is 5.73 Å². The van der Waals surface area contributed by atoms with E-state index in [1.54, 1.807) is 0 Å². The first-order valence-electron chi connectivity index (χ1n) is 6.81. The van der Waals surface area contributed by atoms with Crippen LogP contribution >= 0.6 is 0 Å². The molecule has 1 aliphatic rings. The molecule has 1 aromatic carbocycles. The first kappa shape index (κ1) is 12.1. The lowest BCUT2D eigenvalue weighted by molar-refractivity contribution is 0.665. The Bertz CT molecular complexity index is 571. The number of hydrogen-bond donors (Lipinski definition) is 1. The molecule has 2 N–H and O–H groups in total. The van der Waals surface area contributed by atoms with E-state index < -0.39 is 0 Å². The molecule has 0 saturated heterocycles. The molecule has 1 aromatic heterocycles. The topological polar surface area (TPSA) is 64.7 Å². The van der Waals surface area contributed by atoms with E-state index in [9.17, 15) is 0 Å². The second-order valence-corrected chi connectivity index (χ2v) is 5.22. The van der Waals surface area contributed by atoms with Crippen LogP contribution in [0.4, 0.5) is 5.95 Å². The quantitative estimate of drug-likeness (QED) is 0.894. The van der Waals surface area contributed by atoms with Gasteiger partial charge >= 0.3 is 0 Å². The van der Waals surface area contributed by atoms with Gasteiger partial charge in [-0.1, -0.05) is 42.7 Å². The van der Waals surface area contributed by atoms with Gasteiger partial charge in [0.2, 0.25) is 5.95 Å². The van der Waals surface area contributed by atoms with E-state index in [-0.39, 0.29) is 0 Å². The SMILES string of the molecule is Cc1ccc(-c2nc(N)nc(C3CCCC3)n2)cc1. The van der Waals surface area contributed by atoms with E-state index in [4.69, 9.17) is 5.73 Å². The molecular weight excluding hydrogens is 236 g/mol. The molecule has 0 aliphatic heterocycles. The van der Waals surface area contributed by atoms with Gasteiger partial charge in [0, 0.05) is 11.5 Å². The van der Waals surface area contributed by atoms with Crippen molar-refractivity contribution in [1.82, 2.24) is 15.0 Å². The van der Waals surface area contributed by atoms with Crippen LogP contribution in [0.1, 0.15) is 43.0 Å². The van der Waals surface area contributed by atoms with Gasteiger partial charge in [0.15, 0.2) is 5.82 Å². The average molecular weight is 254 g/mol. The fourth-order valence-electron chi connectivity index (χ4n) is 2.61. The molecule has 0 bridgehead atoms. The van der Waals surface area contributed by atoms with Gasteiger partial charge in [-0.15, -0.1) is 0 Å². The van der Waals surface area contributed by atoms with Crippen LogP contribution in [0.3, 0.4) is 0 Å². The van der Waals surface area contributed by atoms with Gasteiger partial charge in [0.1, 0.15) is 5.82 Å². The van der Waals surface area contributed by atoms with Gasteiger partial charge in [0.05, 0.1) is 0 Å². The van der Waals surface area contributed by atoms with Crippen LogP contribution in [0.5, 0.6) is 0 Å². The number of aryl methyl sites for hydroxylation is 1. The van der Waals surface area contributed by atoms with Crippen LogP contribution in [-0.2, 0) is 0 Å². The van der Waals surface area contributed by atoms with E-state index in [0.29, 0.717) is 17.7 Å². The van der Waals surface area contributed by atoms with Crippen LogP contribution in [0.25, 0.3) is 11.4 Å². The third kappa shape index (κ3) is 2.57. The Balaban J connectivity index is 1.99. The minimum atomic E-state index is 0.326. The molecule has 0 amide bonds. The minimum Gasteiger partial charge on any atom is -0.368 e. The summed E-state index contributed by atoms with van der Waals surface area (Å²) in [6.45, 7) is 2.06. The summed E-state index contributed by atoms with van der Waals surface area (Å²) in [5.41, 5.74) is 8.05. The van der Waals surface area contributed by atoms with Crippen molar-refractivity contribution in [3.8, 4) is 11.4 Å². The number of hydrogen-bond acceptors (Lipinski definition) is 4. The summed E-state index contributed by atoms with van der Waals surface area (Å²) in [6, 6.07) is 8.18. The Morgan fingerprint density at radius 3 is 2.37 bits per heavy atom. The Morgan fingerprint density at radius 2 is 1.68 bits per heavy atom. The summed E-state index contributed by atoms with van der Waals surface area (Å²) in [4.78, 5) is 13.2. The zero-order valence-electron chi connectivity index (χ0n) is 11.1. The average Bonchev–Trinajstić information content (AvgIpc) is 2.93. The summed E-state index contributed by atoms with van der Waals surface area (Å²) in [5, 5.41) is 0. The lowest BCUT2D eigenvalue weighted by atomic mass is 10.1. The summed E-state index contributed by atoms with van der Waals surface area (Å²) in [7, 11) is 0. The number of nitrogens with zero attached hydrogens (tertiary/aromatic N) is 3. The lowest BCUT2D eigenvalue weighted by Gasteiger charge is -2.09. The van der Waals surface area contributed by atoms with Crippen molar-refractivity contribution >= 4 is 5.95 Å². The van der Waals surface area contributed by atoms with Crippen LogP contribution < -0.4 is 5.73 Å². The Kier molecular flexibility index (Phi) is 3.15.